The number of aliphatic imine (C=N–C) groups is 1. The molecule has 2 amide bonds. The van der Waals surface area contributed by atoms with Crippen LogP contribution in [-0.2, 0) is 9.59 Å². The van der Waals surface area contributed by atoms with Gasteiger partial charge in [-0.15, -0.1) is 0 Å². The summed E-state index contributed by atoms with van der Waals surface area (Å²) in [5.74, 6) is 0.500. The molecule has 7 nitrogen and oxygen atoms in total. The van der Waals surface area contributed by atoms with Crippen molar-refractivity contribution in [3.8, 4) is 11.5 Å². The van der Waals surface area contributed by atoms with Gasteiger partial charge in [0.15, 0.2) is 0 Å². The molecule has 1 N–H and O–H groups in total. The number of amides is 2. The molecule has 1 atom stereocenters. The molecule has 0 aromatic heterocycles. The zero-order chi connectivity index (χ0) is 22.1. The first-order valence-electron chi connectivity index (χ1n) is 10.4. The van der Waals surface area contributed by atoms with Gasteiger partial charge in [0.05, 0.1) is 37.2 Å². The van der Waals surface area contributed by atoms with Gasteiger partial charge >= 0.3 is 0 Å². The Balaban J connectivity index is 1.64. The second-order valence-corrected chi connectivity index (χ2v) is 8.01. The standard InChI is InChI=1S/C24H27N3O4/c1-14-10-20-21(11-15(14)2)27(24(29)17-6-5-7-18(17)25-20)13-23(28)26-19-9-8-16(30-3)12-22(19)31-4/h8-12,17H,5-7,13H2,1-4H3,(H,26,28)/t17-/m1/s1. The van der Waals surface area contributed by atoms with Crippen LogP contribution in [0.5, 0.6) is 11.5 Å². The summed E-state index contributed by atoms with van der Waals surface area (Å²) in [7, 11) is 3.10. The van der Waals surface area contributed by atoms with Crippen LogP contribution < -0.4 is 19.7 Å². The van der Waals surface area contributed by atoms with Crippen LogP contribution in [0.15, 0.2) is 35.3 Å². The predicted molar refractivity (Wildman–Crippen MR) is 121 cm³/mol. The maximum Gasteiger partial charge on any atom is 0.244 e. The van der Waals surface area contributed by atoms with Crippen molar-refractivity contribution in [3.63, 3.8) is 0 Å². The fraction of sp³-hybridized carbons (Fsp3) is 0.375. The molecule has 0 spiro atoms. The lowest BCUT2D eigenvalue weighted by atomic mass is 10.0. The van der Waals surface area contributed by atoms with Crippen LogP contribution in [0.2, 0.25) is 0 Å². The average molecular weight is 421 g/mol. The van der Waals surface area contributed by atoms with Crippen LogP contribution in [0.4, 0.5) is 17.1 Å². The Morgan fingerprint density at radius 2 is 1.94 bits per heavy atom. The summed E-state index contributed by atoms with van der Waals surface area (Å²) >= 11 is 0. The van der Waals surface area contributed by atoms with Gasteiger partial charge in [-0.1, -0.05) is 0 Å². The minimum atomic E-state index is -0.303. The third kappa shape index (κ3) is 4.00. The highest BCUT2D eigenvalue weighted by Crippen LogP contribution is 2.39. The second kappa shape index (κ2) is 8.41. The van der Waals surface area contributed by atoms with Crippen molar-refractivity contribution in [2.24, 2.45) is 10.9 Å². The summed E-state index contributed by atoms with van der Waals surface area (Å²) in [4.78, 5) is 32.8. The number of anilines is 2. The molecule has 162 valence electrons. The second-order valence-electron chi connectivity index (χ2n) is 8.01. The van der Waals surface area contributed by atoms with Crippen molar-refractivity contribution in [2.75, 3.05) is 31.0 Å². The van der Waals surface area contributed by atoms with Crippen LogP contribution in [0, 0.1) is 19.8 Å². The van der Waals surface area contributed by atoms with Gasteiger partial charge in [-0.05, 0) is 68.5 Å². The van der Waals surface area contributed by atoms with Crippen LogP contribution in [0.1, 0.15) is 30.4 Å². The molecule has 7 heteroatoms. The number of methoxy groups -OCH3 is 2. The first-order chi connectivity index (χ1) is 14.9. The van der Waals surface area contributed by atoms with Crippen molar-refractivity contribution in [2.45, 2.75) is 33.1 Å². The predicted octanol–water partition coefficient (Wildman–Crippen LogP) is 4.18. The number of rotatable bonds is 5. The Morgan fingerprint density at radius 1 is 1.16 bits per heavy atom. The molecule has 1 aliphatic carbocycles. The number of hydrogen-bond donors (Lipinski definition) is 1. The zero-order valence-corrected chi connectivity index (χ0v) is 18.3. The van der Waals surface area contributed by atoms with E-state index in [2.05, 4.69) is 5.32 Å². The maximum absolute atomic E-state index is 13.4. The number of nitrogens with one attached hydrogen (secondary N) is 1. The molecule has 1 saturated carbocycles. The smallest absolute Gasteiger partial charge is 0.244 e. The molecule has 4 rings (SSSR count). The van der Waals surface area contributed by atoms with Gasteiger partial charge in [-0.25, -0.2) is 0 Å². The first kappa shape index (κ1) is 20.9. The topological polar surface area (TPSA) is 80.2 Å². The Hall–Kier alpha value is -3.35. The van der Waals surface area contributed by atoms with E-state index >= 15 is 0 Å². The number of hydrogen-bond acceptors (Lipinski definition) is 5. The van der Waals surface area contributed by atoms with Crippen LogP contribution in [-0.4, -0.2) is 38.3 Å². The number of benzene rings is 2. The fourth-order valence-electron chi connectivity index (χ4n) is 4.18. The highest BCUT2D eigenvalue weighted by Gasteiger charge is 2.37. The van der Waals surface area contributed by atoms with Crippen molar-refractivity contribution in [1.82, 2.24) is 0 Å². The molecule has 0 saturated heterocycles. The summed E-state index contributed by atoms with van der Waals surface area (Å²) in [5, 5.41) is 2.87. The van der Waals surface area contributed by atoms with Crippen molar-refractivity contribution in [3.05, 3.63) is 41.5 Å². The van der Waals surface area contributed by atoms with Gasteiger partial charge < -0.3 is 19.7 Å². The molecule has 1 fully saturated rings. The molecule has 0 radical (unpaired) electrons. The number of fused-ring (bicyclic) bond motifs is 2. The van der Waals surface area contributed by atoms with Crippen LogP contribution in [0.25, 0.3) is 0 Å². The highest BCUT2D eigenvalue weighted by atomic mass is 16.5. The lowest BCUT2D eigenvalue weighted by Gasteiger charge is -2.25. The van der Waals surface area contributed by atoms with Crippen molar-refractivity contribution < 1.29 is 19.1 Å². The van der Waals surface area contributed by atoms with E-state index in [0.717, 1.165) is 41.8 Å². The number of ether oxygens (including phenoxy) is 2. The van der Waals surface area contributed by atoms with Crippen LogP contribution in [0.3, 0.4) is 0 Å². The molecule has 2 aromatic rings. The van der Waals surface area contributed by atoms with E-state index in [0.29, 0.717) is 22.9 Å². The molecular weight excluding hydrogens is 394 g/mol. The third-order valence-electron chi connectivity index (χ3n) is 6.02. The lowest BCUT2D eigenvalue weighted by Crippen LogP contribution is -2.42. The number of nitrogens with zero attached hydrogens (tertiary/aromatic N) is 2. The summed E-state index contributed by atoms with van der Waals surface area (Å²) in [6.45, 7) is 3.93. The molecule has 2 aliphatic rings. The van der Waals surface area contributed by atoms with Crippen molar-refractivity contribution in [1.29, 1.82) is 0 Å². The van der Waals surface area contributed by atoms with E-state index in [-0.39, 0.29) is 24.3 Å². The third-order valence-corrected chi connectivity index (χ3v) is 6.02. The van der Waals surface area contributed by atoms with Gasteiger partial charge in [0.1, 0.15) is 18.0 Å². The molecule has 0 unspecified atom stereocenters. The molecule has 31 heavy (non-hydrogen) atoms. The highest BCUT2D eigenvalue weighted by molar-refractivity contribution is 6.17. The van der Waals surface area contributed by atoms with Gasteiger partial charge in [-0.3, -0.25) is 14.6 Å². The monoisotopic (exact) mass is 421 g/mol. The molecule has 1 aliphatic heterocycles. The van der Waals surface area contributed by atoms with Crippen LogP contribution >= 0.6 is 0 Å². The SMILES string of the molecule is COc1ccc(NC(=O)CN2C(=O)[C@@H]3CCCC3=Nc3cc(C)c(C)cc32)c(OC)c1. The Bertz CT molecular complexity index is 1080. The number of carbonyl (C=O) groups excluding carboxylic acids is 2. The van der Waals surface area contributed by atoms with Gasteiger partial charge in [0.25, 0.3) is 0 Å². The Labute approximate surface area is 182 Å². The van der Waals surface area contributed by atoms with Gasteiger partial charge in [0.2, 0.25) is 11.8 Å². The Morgan fingerprint density at radius 3 is 2.68 bits per heavy atom. The van der Waals surface area contributed by atoms with E-state index in [1.54, 1.807) is 30.2 Å². The normalized spacial score (nSPS) is 17.4. The fourth-order valence-corrected chi connectivity index (χ4v) is 4.18. The zero-order valence-electron chi connectivity index (χ0n) is 18.3. The summed E-state index contributed by atoms with van der Waals surface area (Å²) < 4.78 is 10.6. The number of carbonyl (C=O) groups is 2. The van der Waals surface area contributed by atoms with Crippen molar-refractivity contribution >= 4 is 34.6 Å². The molecular formula is C24H27N3O4. The van der Waals surface area contributed by atoms with Gasteiger partial charge in [-0.2, -0.15) is 0 Å². The summed E-state index contributed by atoms with van der Waals surface area (Å²) in [5.41, 5.74) is 5.06. The molecule has 2 aromatic carbocycles. The molecule has 1 heterocycles. The minimum absolute atomic E-state index is 0.0601. The van der Waals surface area contributed by atoms with E-state index < -0.39 is 0 Å². The van der Waals surface area contributed by atoms with E-state index in [1.807, 2.05) is 26.0 Å². The quantitative estimate of drug-likeness (QED) is 0.785. The Kier molecular flexibility index (Phi) is 5.67. The summed E-state index contributed by atoms with van der Waals surface area (Å²) in [6, 6.07) is 9.12. The lowest BCUT2D eigenvalue weighted by molar-refractivity contribution is -0.123. The first-order valence-corrected chi connectivity index (χ1v) is 10.4. The summed E-state index contributed by atoms with van der Waals surface area (Å²) in [6.07, 6.45) is 2.54. The largest absolute Gasteiger partial charge is 0.497 e. The van der Waals surface area contributed by atoms with E-state index in [9.17, 15) is 9.59 Å². The number of aryl methyl sites for hydroxylation is 2. The maximum atomic E-state index is 13.4. The van der Waals surface area contributed by atoms with E-state index in [1.165, 1.54) is 7.11 Å². The van der Waals surface area contributed by atoms with Gasteiger partial charge in [0, 0.05) is 11.8 Å². The minimum Gasteiger partial charge on any atom is -0.497 e. The molecule has 0 bridgehead atoms. The average Bonchev–Trinajstić information content (AvgIpc) is 3.19. The van der Waals surface area contributed by atoms with E-state index in [4.69, 9.17) is 14.5 Å².